The lowest BCUT2D eigenvalue weighted by molar-refractivity contribution is 0.416. The molecule has 0 saturated carbocycles. The second kappa shape index (κ2) is 4.06. The molecule has 0 radical (unpaired) electrons. The van der Waals surface area contributed by atoms with Crippen molar-refractivity contribution in [2.24, 2.45) is 0 Å². The van der Waals surface area contributed by atoms with Crippen LogP contribution in [0.25, 0.3) is 11.3 Å². The van der Waals surface area contributed by atoms with E-state index in [2.05, 4.69) is 25.9 Å². The van der Waals surface area contributed by atoms with Gasteiger partial charge in [-0.05, 0) is 35.0 Å². The Morgan fingerprint density at radius 1 is 1.33 bits per heavy atom. The molecule has 2 rings (SSSR count). The zero-order valence-corrected chi connectivity index (χ0v) is 10.1. The van der Waals surface area contributed by atoms with E-state index in [-0.39, 0.29) is 0 Å². The van der Waals surface area contributed by atoms with E-state index in [4.69, 9.17) is 4.74 Å². The first kappa shape index (κ1) is 10.2. The minimum Gasteiger partial charge on any atom is -0.496 e. The van der Waals surface area contributed by atoms with Crippen LogP contribution >= 0.6 is 15.9 Å². The van der Waals surface area contributed by atoms with E-state index in [9.17, 15) is 0 Å². The second-order valence-corrected chi connectivity index (χ2v) is 3.98. The lowest BCUT2D eigenvalue weighted by atomic mass is 10.1. The number of rotatable bonds is 2. The lowest BCUT2D eigenvalue weighted by Crippen LogP contribution is -1.87. The molecule has 0 atom stereocenters. The number of halogens is 1. The van der Waals surface area contributed by atoms with Crippen molar-refractivity contribution in [3.05, 3.63) is 34.7 Å². The maximum absolute atomic E-state index is 5.29. The second-order valence-electron chi connectivity index (χ2n) is 3.19. The molecule has 1 heterocycles. The molecule has 1 N–H and O–H groups in total. The van der Waals surface area contributed by atoms with Gasteiger partial charge in [0.25, 0.3) is 0 Å². The Labute approximate surface area is 96.6 Å². The van der Waals surface area contributed by atoms with Crippen molar-refractivity contribution in [3.8, 4) is 17.0 Å². The van der Waals surface area contributed by atoms with Crippen molar-refractivity contribution >= 4 is 15.9 Å². The summed E-state index contributed by atoms with van der Waals surface area (Å²) in [6.07, 6.45) is 0. The maximum Gasteiger partial charge on any atom is 0.128 e. The number of imidazole rings is 1. The predicted molar refractivity (Wildman–Crippen MR) is 63.0 cm³/mol. The maximum atomic E-state index is 5.29. The molecule has 1 aromatic heterocycles. The van der Waals surface area contributed by atoms with Gasteiger partial charge in [0.05, 0.1) is 7.11 Å². The number of hydrogen-bond donors (Lipinski definition) is 1. The highest BCUT2D eigenvalue weighted by Gasteiger charge is 2.12. The minimum absolute atomic E-state index is 0.824. The fourth-order valence-electron chi connectivity index (χ4n) is 1.48. The zero-order chi connectivity index (χ0) is 10.8. The molecule has 1 aromatic carbocycles. The summed E-state index contributed by atoms with van der Waals surface area (Å²) in [5.74, 6) is 1.70. The average Bonchev–Trinajstić information content (AvgIpc) is 2.57. The monoisotopic (exact) mass is 266 g/mol. The van der Waals surface area contributed by atoms with E-state index in [1.165, 1.54) is 0 Å². The Balaban J connectivity index is 2.58. The standard InChI is InChI=1S/C11H11BrN2O/c1-7-13-10(11(12)14-7)8-5-3-4-6-9(8)15-2/h3-6H,1-2H3,(H,13,14). The minimum atomic E-state index is 0.824. The quantitative estimate of drug-likeness (QED) is 0.907. The Morgan fingerprint density at radius 2 is 2.07 bits per heavy atom. The van der Waals surface area contributed by atoms with Gasteiger partial charge in [-0.15, -0.1) is 0 Å². The van der Waals surface area contributed by atoms with Crippen LogP contribution in [-0.2, 0) is 0 Å². The van der Waals surface area contributed by atoms with Crippen LogP contribution in [0.3, 0.4) is 0 Å². The summed E-state index contributed by atoms with van der Waals surface area (Å²) in [4.78, 5) is 7.51. The summed E-state index contributed by atoms with van der Waals surface area (Å²) in [7, 11) is 1.66. The molecule has 15 heavy (non-hydrogen) atoms. The van der Waals surface area contributed by atoms with Crippen molar-refractivity contribution in [2.45, 2.75) is 6.92 Å². The van der Waals surface area contributed by atoms with E-state index < -0.39 is 0 Å². The van der Waals surface area contributed by atoms with Gasteiger partial charge in [0, 0.05) is 5.56 Å². The summed E-state index contributed by atoms with van der Waals surface area (Å²) >= 11 is 3.44. The highest BCUT2D eigenvalue weighted by Crippen LogP contribution is 2.32. The Hall–Kier alpha value is -1.29. The van der Waals surface area contributed by atoms with Gasteiger partial charge in [0.1, 0.15) is 21.9 Å². The third-order valence-electron chi connectivity index (χ3n) is 2.14. The molecule has 0 bridgehead atoms. The van der Waals surface area contributed by atoms with Crippen molar-refractivity contribution in [1.82, 2.24) is 9.97 Å². The SMILES string of the molecule is COc1ccccc1-c1nc(C)[nH]c1Br. The number of benzene rings is 1. The summed E-state index contributed by atoms with van der Waals surface area (Å²) in [5.41, 5.74) is 1.86. The first-order chi connectivity index (χ1) is 7.22. The van der Waals surface area contributed by atoms with E-state index >= 15 is 0 Å². The molecular formula is C11H11BrN2O. The van der Waals surface area contributed by atoms with Crippen molar-refractivity contribution in [3.63, 3.8) is 0 Å². The molecule has 0 fully saturated rings. The molecule has 0 unspecified atom stereocenters. The number of nitrogens with zero attached hydrogens (tertiary/aromatic N) is 1. The van der Waals surface area contributed by atoms with Crippen molar-refractivity contribution in [1.29, 1.82) is 0 Å². The third-order valence-corrected chi connectivity index (χ3v) is 2.71. The largest absolute Gasteiger partial charge is 0.496 e. The molecule has 0 aliphatic carbocycles. The number of methoxy groups -OCH3 is 1. The fourth-order valence-corrected chi connectivity index (χ4v) is 2.07. The number of H-pyrrole nitrogens is 1. The predicted octanol–water partition coefficient (Wildman–Crippen LogP) is 3.16. The Morgan fingerprint density at radius 3 is 2.67 bits per heavy atom. The number of ether oxygens (including phenoxy) is 1. The van der Waals surface area contributed by atoms with Crippen molar-refractivity contribution in [2.75, 3.05) is 7.11 Å². The first-order valence-electron chi connectivity index (χ1n) is 4.58. The van der Waals surface area contributed by atoms with Crippen LogP contribution < -0.4 is 4.74 Å². The molecule has 0 saturated heterocycles. The van der Waals surface area contributed by atoms with E-state index in [1.807, 2.05) is 31.2 Å². The topological polar surface area (TPSA) is 37.9 Å². The van der Waals surface area contributed by atoms with E-state index in [0.717, 1.165) is 27.4 Å². The summed E-state index contributed by atoms with van der Waals surface area (Å²) in [5, 5.41) is 0. The molecule has 0 aliphatic heterocycles. The highest BCUT2D eigenvalue weighted by molar-refractivity contribution is 9.10. The van der Waals surface area contributed by atoms with Crippen LogP contribution in [0.1, 0.15) is 5.82 Å². The number of aromatic amines is 1. The van der Waals surface area contributed by atoms with Crippen LogP contribution in [0.4, 0.5) is 0 Å². The van der Waals surface area contributed by atoms with E-state index in [1.54, 1.807) is 7.11 Å². The van der Waals surface area contributed by atoms with Crippen molar-refractivity contribution < 1.29 is 4.74 Å². The number of para-hydroxylation sites is 1. The van der Waals surface area contributed by atoms with Crippen LogP contribution in [0, 0.1) is 6.92 Å². The Bertz CT molecular complexity index is 479. The van der Waals surface area contributed by atoms with Gasteiger partial charge in [-0.25, -0.2) is 4.98 Å². The van der Waals surface area contributed by atoms with Crippen LogP contribution in [0.15, 0.2) is 28.9 Å². The Kier molecular flexibility index (Phi) is 2.77. The normalized spacial score (nSPS) is 10.3. The van der Waals surface area contributed by atoms with Crippen LogP contribution in [0.2, 0.25) is 0 Å². The number of aromatic nitrogens is 2. The van der Waals surface area contributed by atoms with Gasteiger partial charge >= 0.3 is 0 Å². The molecule has 4 heteroatoms. The lowest BCUT2D eigenvalue weighted by Gasteiger charge is -2.05. The summed E-state index contributed by atoms with van der Waals surface area (Å²) in [6.45, 7) is 1.92. The third kappa shape index (κ3) is 1.90. The molecule has 2 aromatic rings. The van der Waals surface area contributed by atoms with E-state index in [0.29, 0.717) is 0 Å². The smallest absolute Gasteiger partial charge is 0.128 e. The summed E-state index contributed by atoms with van der Waals surface area (Å²) < 4.78 is 6.17. The molecule has 0 amide bonds. The zero-order valence-electron chi connectivity index (χ0n) is 8.54. The van der Waals surface area contributed by atoms with Gasteiger partial charge in [-0.3, -0.25) is 0 Å². The van der Waals surface area contributed by atoms with Gasteiger partial charge in [-0.1, -0.05) is 12.1 Å². The fraction of sp³-hybridized carbons (Fsp3) is 0.182. The van der Waals surface area contributed by atoms with Gasteiger partial charge < -0.3 is 9.72 Å². The highest BCUT2D eigenvalue weighted by atomic mass is 79.9. The van der Waals surface area contributed by atoms with Gasteiger partial charge in [0.2, 0.25) is 0 Å². The molecule has 3 nitrogen and oxygen atoms in total. The van der Waals surface area contributed by atoms with Gasteiger partial charge in [-0.2, -0.15) is 0 Å². The molecule has 0 aliphatic rings. The molecular weight excluding hydrogens is 256 g/mol. The average molecular weight is 267 g/mol. The number of hydrogen-bond acceptors (Lipinski definition) is 2. The molecule has 78 valence electrons. The van der Waals surface area contributed by atoms with Crippen LogP contribution in [-0.4, -0.2) is 17.1 Å². The van der Waals surface area contributed by atoms with Gasteiger partial charge in [0.15, 0.2) is 0 Å². The summed E-state index contributed by atoms with van der Waals surface area (Å²) in [6, 6.07) is 7.81. The number of nitrogens with one attached hydrogen (secondary N) is 1. The number of aryl methyl sites for hydroxylation is 1. The first-order valence-corrected chi connectivity index (χ1v) is 5.37. The molecule has 0 spiro atoms. The van der Waals surface area contributed by atoms with Crippen LogP contribution in [0.5, 0.6) is 5.75 Å².